The van der Waals surface area contributed by atoms with Gasteiger partial charge in [-0.15, -0.1) is 23.1 Å². The van der Waals surface area contributed by atoms with Crippen molar-refractivity contribution in [2.24, 2.45) is 0 Å². The Bertz CT molecular complexity index is 674. The number of carbonyl (C=O) groups excluding carboxylic acids is 1. The number of nitrogens with zero attached hydrogens (tertiary/aromatic N) is 1. The van der Waals surface area contributed by atoms with Crippen molar-refractivity contribution in [3.05, 3.63) is 40.9 Å². The van der Waals surface area contributed by atoms with Crippen LogP contribution in [0.4, 0.5) is 5.13 Å². The summed E-state index contributed by atoms with van der Waals surface area (Å²) < 4.78 is 0. The lowest BCUT2D eigenvalue weighted by atomic mass is 10.1. The van der Waals surface area contributed by atoms with Crippen LogP contribution in [0.2, 0.25) is 0 Å². The van der Waals surface area contributed by atoms with Crippen LogP contribution < -0.4 is 5.32 Å². The van der Waals surface area contributed by atoms with Crippen molar-refractivity contribution in [1.82, 2.24) is 4.98 Å². The Hall–Kier alpha value is -1.86. The van der Waals surface area contributed by atoms with Gasteiger partial charge >= 0.3 is 5.97 Å². The number of amides is 1. The second-order valence-corrected chi connectivity index (χ2v) is 6.72. The van der Waals surface area contributed by atoms with E-state index in [0.717, 1.165) is 4.90 Å². The number of benzene rings is 1. The van der Waals surface area contributed by atoms with Crippen molar-refractivity contribution in [1.29, 1.82) is 0 Å². The van der Waals surface area contributed by atoms with Crippen LogP contribution in [0.15, 0.2) is 34.5 Å². The predicted octanol–water partition coefficient (Wildman–Crippen LogP) is 2.43. The SMILES string of the molecule is O=C(O)Cc1csc(NC(=O)C2Cc3ccccc3S2)n1. The molecule has 7 heteroatoms. The van der Waals surface area contributed by atoms with E-state index in [1.165, 1.54) is 16.9 Å². The lowest BCUT2D eigenvalue weighted by molar-refractivity contribution is -0.136. The third-order valence-electron chi connectivity index (χ3n) is 3.05. The van der Waals surface area contributed by atoms with Gasteiger partial charge in [0.15, 0.2) is 5.13 Å². The van der Waals surface area contributed by atoms with Gasteiger partial charge in [-0.3, -0.25) is 9.59 Å². The molecule has 0 radical (unpaired) electrons. The van der Waals surface area contributed by atoms with E-state index in [0.29, 0.717) is 17.2 Å². The molecule has 2 N–H and O–H groups in total. The van der Waals surface area contributed by atoms with Crippen LogP contribution in [0.3, 0.4) is 0 Å². The van der Waals surface area contributed by atoms with Gasteiger partial charge in [-0.25, -0.2) is 4.98 Å². The molecule has 1 aromatic carbocycles. The number of rotatable bonds is 4. The molecule has 1 atom stereocenters. The summed E-state index contributed by atoms with van der Waals surface area (Å²) in [7, 11) is 0. The number of carboxylic acid groups (broad SMARTS) is 1. The molecule has 0 spiro atoms. The van der Waals surface area contributed by atoms with Crippen LogP contribution >= 0.6 is 23.1 Å². The fraction of sp³-hybridized carbons (Fsp3) is 0.214. The van der Waals surface area contributed by atoms with Crippen molar-refractivity contribution in [3.63, 3.8) is 0 Å². The van der Waals surface area contributed by atoms with Crippen LogP contribution in [0, 0.1) is 0 Å². The fourth-order valence-electron chi connectivity index (χ4n) is 2.11. The second kappa shape index (κ2) is 5.87. The molecule has 1 unspecified atom stereocenters. The third kappa shape index (κ3) is 3.25. The summed E-state index contributed by atoms with van der Waals surface area (Å²) in [5.41, 5.74) is 1.65. The smallest absolute Gasteiger partial charge is 0.309 e. The van der Waals surface area contributed by atoms with Gasteiger partial charge in [0.2, 0.25) is 5.91 Å². The molecule has 1 aliphatic rings. The highest BCUT2D eigenvalue weighted by molar-refractivity contribution is 8.01. The van der Waals surface area contributed by atoms with Crippen molar-refractivity contribution in [3.8, 4) is 0 Å². The lowest BCUT2D eigenvalue weighted by Gasteiger charge is -2.07. The molecular weight excluding hydrogens is 308 g/mol. The van der Waals surface area contributed by atoms with Gasteiger partial charge in [-0.05, 0) is 18.1 Å². The minimum Gasteiger partial charge on any atom is -0.481 e. The molecule has 1 amide bonds. The standard InChI is InChI=1S/C14H12N2O3S2/c17-12(18)6-9-7-20-14(15-9)16-13(19)11-5-8-3-1-2-4-10(8)21-11/h1-4,7,11H,5-6H2,(H,17,18)(H,15,16,19). The first-order valence-electron chi connectivity index (χ1n) is 6.33. The number of hydrogen-bond donors (Lipinski definition) is 2. The number of anilines is 1. The van der Waals surface area contributed by atoms with E-state index in [-0.39, 0.29) is 17.6 Å². The molecule has 5 nitrogen and oxygen atoms in total. The quantitative estimate of drug-likeness (QED) is 0.904. The number of hydrogen-bond acceptors (Lipinski definition) is 5. The Morgan fingerprint density at radius 2 is 2.19 bits per heavy atom. The van der Waals surface area contributed by atoms with E-state index in [2.05, 4.69) is 10.3 Å². The van der Waals surface area contributed by atoms with Crippen molar-refractivity contribution in [2.75, 3.05) is 5.32 Å². The Morgan fingerprint density at radius 1 is 1.38 bits per heavy atom. The maximum atomic E-state index is 12.2. The Kier molecular flexibility index (Phi) is 3.94. The van der Waals surface area contributed by atoms with E-state index >= 15 is 0 Å². The second-order valence-electron chi connectivity index (χ2n) is 4.62. The molecule has 2 heterocycles. The minimum atomic E-state index is -0.931. The van der Waals surface area contributed by atoms with E-state index in [9.17, 15) is 9.59 Å². The molecule has 3 rings (SSSR count). The van der Waals surface area contributed by atoms with E-state index in [1.807, 2.05) is 24.3 Å². The zero-order valence-corrected chi connectivity index (χ0v) is 12.5. The molecule has 0 aliphatic carbocycles. The number of aromatic nitrogens is 1. The molecule has 2 aromatic rings. The summed E-state index contributed by atoms with van der Waals surface area (Å²) >= 11 is 2.80. The molecule has 108 valence electrons. The summed E-state index contributed by atoms with van der Waals surface area (Å²) in [5.74, 6) is -1.02. The molecular formula is C14H12N2O3S2. The molecule has 1 aromatic heterocycles. The zero-order valence-electron chi connectivity index (χ0n) is 10.9. The third-order valence-corrected chi connectivity index (χ3v) is 5.18. The topological polar surface area (TPSA) is 79.3 Å². The van der Waals surface area contributed by atoms with Gasteiger partial charge < -0.3 is 10.4 Å². The van der Waals surface area contributed by atoms with Gasteiger partial charge in [0.05, 0.1) is 17.4 Å². The van der Waals surface area contributed by atoms with Gasteiger partial charge in [0.25, 0.3) is 0 Å². The minimum absolute atomic E-state index is 0.0903. The average molecular weight is 320 g/mol. The summed E-state index contributed by atoms with van der Waals surface area (Å²) in [4.78, 5) is 28.1. The number of carbonyl (C=O) groups is 2. The summed E-state index contributed by atoms with van der Waals surface area (Å²) in [6.45, 7) is 0. The molecule has 0 fully saturated rings. The Balaban J connectivity index is 1.63. The van der Waals surface area contributed by atoms with Crippen molar-refractivity contribution < 1.29 is 14.7 Å². The maximum absolute atomic E-state index is 12.2. The van der Waals surface area contributed by atoms with Crippen LogP contribution in [-0.4, -0.2) is 27.2 Å². The monoisotopic (exact) mass is 320 g/mol. The van der Waals surface area contributed by atoms with Gasteiger partial charge in [0, 0.05) is 10.3 Å². The largest absolute Gasteiger partial charge is 0.481 e. The maximum Gasteiger partial charge on any atom is 0.309 e. The molecule has 0 saturated carbocycles. The van der Waals surface area contributed by atoms with Crippen LogP contribution in [0.5, 0.6) is 0 Å². The van der Waals surface area contributed by atoms with Crippen LogP contribution in [0.25, 0.3) is 0 Å². The number of nitrogens with one attached hydrogen (secondary N) is 1. The predicted molar refractivity (Wildman–Crippen MR) is 81.9 cm³/mol. The summed E-state index contributed by atoms with van der Waals surface area (Å²) in [5, 5.41) is 13.4. The number of thiazole rings is 1. The van der Waals surface area contributed by atoms with Crippen molar-refractivity contribution in [2.45, 2.75) is 23.0 Å². The normalized spacial score (nSPS) is 16.5. The molecule has 0 bridgehead atoms. The number of fused-ring (bicyclic) bond motifs is 1. The van der Waals surface area contributed by atoms with Crippen molar-refractivity contribution >= 4 is 40.1 Å². The Labute approximate surface area is 129 Å². The van der Waals surface area contributed by atoms with Gasteiger partial charge in [0.1, 0.15) is 0 Å². The first-order valence-corrected chi connectivity index (χ1v) is 8.09. The number of carboxylic acids is 1. The van der Waals surface area contributed by atoms with Gasteiger partial charge in [-0.2, -0.15) is 0 Å². The van der Waals surface area contributed by atoms with E-state index in [4.69, 9.17) is 5.11 Å². The molecule has 1 aliphatic heterocycles. The highest BCUT2D eigenvalue weighted by Crippen LogP contribution is 2.37. The molecule has 21 heavy (non-hydrogen) atoms. The van der Waals surface area contributed by atoms with Gasteiger partial charge in [-0.1, -0.05) is 18.2 Å². The van der Waals surface area contributed by atoms with E-state index in [1.54, 1.807) is 17.1 Å². The zero-order chi connectivity index (χ0) is 14.8. The Morgan fingerprint density at radius 3 is 2.95 bits per heavy atom. The summed E-state index contributed by atoms with van der Waals surface area (Å²) in [6, 6.07) is 7.98. The summed E-state index contributed by atoms with van der Waals surface area (Å²) in [6.07, 6.45) is 0.579. The highest BCUT2D eigenvalue weighted by Gasteiger charge is 2.28. The first-order chi connectivity index (χ1) is 10.1. The lowest BCUT2D eigenvalue weighted by Crippen LogP contribution is -2.24. The number of thioether (sulfide) groups is 1. The van der Waals surface area contributed by atoms with E-state index < -0.39 is 5.97 Å². The average Bonchev–Trinajstić information content (AvgIpc) is 3.04. The highest BCUT2D eigenvalue weighted by atomic mass is 32.2. The first kappa shape index (κ1) is 14.1. The fourth-order valence-corrected chi connectivity index (χ4v) is 4.02. The molecule has 0 saturated heterocycles. The van der Waals surface area contributed by atoms with Crippen LogP contribution in [-0.2, 0) is 22.4 Å². The van der Waals surface area contributed by atoms with Crippen LogP contribution in [0.1, 0.15) is 11.3 Å². The number of aliphatic carboxylic acids is 1.